The Labute approximate surface area is 137 Å². The van der Waals surface area contributed by atoms with Gasteiger partial charge in [-0.15, -0.1) is 11.8 Å². The molecule has 2 amide bonds. The van der Waals surface area contributed by atoms with Crippen molar-refractivity contribution in [1.29, 1.82) is 0 Å². The Morgan fingerprint density at radius 3 is 2.77 bits per heavy atom. The molecule has 3 nitrogen and oxygen atoms in total. The van der Waals surface area contributed by atoms with Crippen molar-refractivity contribution in [3.8, 4) is 0 Å². The van der Waals surface area contributed by atoms with Crippen molar-refractivity contribution in [2.24, 2.45) is 5.92 Å². The topological polar surface area (TPSA) is 32.3 Å². The molecule has 3 rings (SSSR count). The largest absolute Gasteiger partial charge is 0.331 e. The van der Waals surface area contributed by atoms with Crippen molar-refractivity contribution in [3.63, 3.8) is 0 Å². The van der Waals surface area contributed by atoms with E-state index in [1.165, 1.54) is 18.4 Å². The van der Waals surface area contributed by atoms with Gasteiger partial charge in [0.2, 0.25) is 0 Å². The lowest BCUT2D eigenvalue weighted by Gasteiger charge is -2.27. The van der Waals surface area contributed by atoms with Crippen LogP contribution in [0.2, 0.25) is 0 Å². The summed E-state index contributed by atoms with van der Waals surface area (Å²) in [6.07, 6.45) is 8.80. The van der Waals surface area contributed by atoms with E-state index in [0.29, 0.717) is 5.92 Å². The van der Waals surface area contributed by atoms with Crippen LogP contribution in [0.4, 0.5) is 4.79 Å². The summed E-state index contributed by atoms with van der Waals surface area (Å²) in [7, 11) is 0. The zero-order chi connectivity index (χ0) is 15.4. The lowest BCUT2D eigenvalue weighted by molar-refractivity contribution is 0.190. The van der Waals surface area contributed by atoms with Crippen LogP contribution in [0, 0.1) is 5.92 Å². The number of benzene rings is 1. The van der Waals surface area contributed by atoms with E-state index in [1.807, 2.05) is 17.2 Å². The van der Waals surface area contributed by atoms with Gasteiger partial charge in [0.25, 0.3) is 0 Å². The maximum absolute atomic E-state index is 12.7. The molecule has 0 spiro atoms. The molecule has 1 N–H and O–H groups in total. The second-order valence-corrected chi connectivity index (χ2v) is 6.88. The second-order valence-electron chi connectivity index (χ2n) is 6.14. The van der Waals surface area contributed by atoms with Crippen molar-refractivity contribution in [3.05, 3.63) is 47.4 Å². The molecule has 1 heterocycles. The fourth-order valence-electron chi connectivity index (χ4n) is 3.20. The van der Waals surface area contributed by atoms with Gasteiger partial charge in [-0.25, -0.2) is 4.79 Å². The van der Waals surface area contributed by atoms with Crippen LogP contribution in [0.1, 0.15) is 37.3 Å². The quantitative estimate of drug-likeness (QED) is 0.883. The molecule has 118 valence electrons. The molecule has 2 atom stereocenters. The van der Waals surface area contributed by atoms with Crippen LogP contribution in [0.25, 0.3) is 0 Å². The lowest BCUT2D eigenvalue weighted by Crippen LogP contribution is -2.44. The van der Waals surface area contributed by atoms with Crippen molar-refractivity contribution in [1.82, 2.24) is 10.2 Å². The minimum Gasteiger partial charge on any atom is -0.331 e. The first-order chi connectivity index (χ1) is 10.8. The molecular weight excluding hydrogens is 292 g/mol. The van der Waals surface area contributed by atoms with E-state index in [2.05, 4.69) is 41.1 Å². The fraction of sp³-hybridized carbons (Fsp3) is 0.500. The van der Waals surface area contributed by atoms with Crippen LogP contribution in [0.5, 0.6) is 0 Å². The van der Waals surface area contributed by atoms with E-state index in [0.717, 1.165) is 19.4 Å². The summed E-state index contributed by atoms with van der Waals surface area (Å²) in [5.74, 6) is 0.630. The third kappa shape index (κ3) is 3.67. The van der Waals surface area contributed by atoms with Gasteiger partial charge in [-0.2, -0.15) is 0 Å². The summed E-state index contributed by atoms with van der Waals surface area (Å²) >= 11 is 1.69. The van der Waals surface area contributed by atoms with Crippen LogP contribution in [0.15, 0.2) is 41.8 Å². The predicted octanol–water partition coefficient (Wildman–Crippen LogP) is 4.19. The van der Waals surface area contributed by atoms with Gasteiger partial charge in [-0.05, 0) is 48.8 Å². The van der Waals surface area contributed by atoms with Gasteiger partial charge < -0.3 is 10.2 Å². The fourth-order valence-corrected chi connectivity index (χ4v) is 3.53. The lowest BCUT2D eigenvalue weighted by atomic mass is 10.1. The Balaban J connectivity index is 1.66. The van der Waals surface area contributed by atoms with E-state index in [1.54, 1.807) is 11.8 Å². The number of hydrogen-bond donors (Lipinski definition) is 1. The molecule has 1 saturated heterocycles. The highest BCUT2D eigenvalue weighted by Gasteiger charge is 2.34. The van der Waals surface area contributed by atoms with Gasteiger partial charge in [0.1, 0.15) is 0 Å². The van der Waals surface area contributed by atoms with E-state index < -0.39 is 0 Å². The van der Waals surface area contributed by atoms with Crippen LogP contribution < -0.4 is 5.32 Å². The van der Waals surface area contributed by atoms with Gasteiger partial charge >= 0.3 is 6.03 Å². The molecule has 0 radical (unpaired) electrons. The van der Waals surface area contributed by atoms with Crippen LogP contribution in [0.3, 0.4) is 0 Å². The summed E-state index contributed by atoms with van der Waals surface area (Å²) in [6.45, 7) is 0.856. The van der Waals surface area contributed by atoms with Gasteiger partial charge in [-0.3, -0.25) is 0 Å². The summed E-state index contributed by atoms with van der Waals surface area (Å²) < 4.78 is 0. The zero-order valence-electron chi connectivity index (χ0n) is 13.1. The highest BCUT2D eigenvalue weighted by Crippen LogP contribution is 2.35. The maximum Gasteiger partial charge on any atom is 0.318 e. The zero-order valence-corrected chi connectivity index (χ0v) is 13.9. The van der Waals surface area contributed by atoms with Crippen LogP contribution in [-0.4, -0.2) is 29.8 Å². The van der Waals surface area contributed by atoms with E-state index in [9.17, 15) is 4.79 Å². The molecule has 0 aromatic heterocycles. The number of nitrogens with zero attached hydrogens (tertiary/aromatic N) is 1. The number of hydrogen-bond acceptors (Lipinski definition) is 2. The number of carbonyl (C=O) groups is 1. The molecular formula is C18H24N2OS. The minimum atomic E-state index is 0.0917. The first kappa shape index (κ1) is 15.5. The Hall–Kier alpha value is -1.42. The molecule has 2 unspecified atom stereocenters. The number of rotatable bonds is 5. The van der Waals surface area contributed by atoms with Crippen molar-refractivity contribution < 1.29 is 4.79 Å². The molecule has 1 aromatic carbocycles. The molecule has 1 aliphatic heterocycles. The Morgan fingerprint density at radius 2 is 2.09 bits per heavy atom. The summed E-state index contributed by atoms with van der Waals surface area (Å²) in [4.78, 5) is 14.7. The SMILES string of the molecule is CS/C=C/C(NC(=O)N1CCCC1c1ccccc1)C1CC1. The molecule has 2 aliphatic rings. The highest BCUT2D eigenvalue weighted by molar-refractivity contribution is 8.01. The monoisotopic (exact) mass is 316 g/mol. The minimum absolute atomic E-state index is 0.0917. The normalized spacial score (nSPS) is 23.0. The molecule has 4 heteroatoms. The Bertz CT molecular complexity index is 527. The third-order valence-electron chi connectivity index (χ3n) is 4.54. The van der Waals surface area contributed by atoms with Crippen LogP contribution >= 0.6 is 11.8 Å². The van der Waals surface area contributed by atoms with Crippen LogP contribution in [-0.2, 0) is 0 Å². The third-order valence-corrected chi connectivity index (χ3v) is 4.97. The number of urea groups is 1. The van der Waals surface area contributed by atoms with Gasteiger partial charge in [-0.1, -0.05) is 36.4 Å². The number of thioether (sulfide) groups is 1. The van der Waals surface area contributed by atoms with Crippen molar-refractivity contribution in [2.45, 2.75) is 37.8 Å². The summed E-state index contributed by atoms with van der Waals surface area (Å²) in [5.41, 5.74) is 1.25. The predicted molar refractivity (Wildman–Crippen MR) is 92.8 cm³/mol. The number of carbonyl (C=O) groups excluding carboxylic acids is 1. The first-order valence-corrected chi connectivity index (χ1v) is 9.40. The summed E-state index contributed by atoms with van der Waals surface area (Å²) in [6, 6.07) is 10.9. The standard InChI is InChI=1S/C18H24N2OS/c1-22-13-11-16(14-9-10-14)19-18(21)20-12-5-8-17(20)15-6-3-2-4-7-15/h2-4,6-7,11,13-14,16-17H,5,8-10,12H2,1H3,(H,19,21)/b13-11+. The van der Waals surface area contributed by atoms with Gasteiger partial charge in [0, 0.05) is 6.54 Å². The molecule has 1 aromatic rings. The average molecular weight is 316 g/mol. The molecule has 1 saturated carbocycles. The van der Waals surface area contributed by atoms with Gasteiger partial charge in [0.05, 0.1) is 12.1 Å². The Kier molecular flexibility index (Phi) is 5.08. The molecule has 22 heavy (non-hydrogen) atoms. The molecule has 0 bridgehead atoms. The van der Waals surface area contributed by atoms with E-state index in [-0.39, 0.29) is 18.1 Å². The number of nitrogens with one attached hydrogen (secondary N) is 1. The first-order valence-electron chi connectivity index (χ1n) is 8.11. The van der Waals surface area contributed by atoms with Crippen molar-refractivity contribution >= 4 is 17.8 Å². The van der Waals surface area contributed by atoms with Gasteiger partial charge in [0.15, 0.2) is 0 Å². The molecule has 2 fully saturated rings. The molecule has 1 aliphatic carbocycles. The summed E-state index contributed by atoms with van der Waals surface area (Å²) in [5, 5.41) is 5.33. The smallest absolute Gasteiger partial charge is 0.318 e. The second kappa shape index (κ2) is 7.23. The average Bonchev–Trinajstić information content (AvgIpc) is 3.28. The number of likely N-dealkylation sites (tertiary alicyclic amines) is 1. The maximum atomic E-state index is 12.7. The van der Waals surface area contributed by atoms with E-state index >= 15 is 0 Å². The number of amides is 2. The van der Waals surface area contributed by atoms with Crippen molar-refractivity contribution in [2.75, 3.05) is 12.8 Å². The highest BCUT2D eigenvalue weighted by atomic mass is 32.2. The Morgan fingerprint density at radius 1 is 1.32 bits per heavy atom. The van der Waals surface area contributed by atoms with E-state index in [4.69, 9.17) is 0 Å².